The van der Waals surface area contributed by atoms with Gasteiger partial charge in [-0.05, 0) is 19.1 Å². The van der Waals surface area contributed by atoms with E-state index in [1.165, 1.54) is 0 Å². The molecule has 0 unspecified atom stereocenters. The first kappa shape index (κ1) is 7.09. The Hall–Kier alpha value is -1.02. The third-order valence-corrected chi connectivity index (χ3v) is 1.38. The van der Waals surface area contributed by atoms with Gasteiger partial charge >= 0.3 is 0 Å². The fraction of sp³-hybridized carbons (Fsp3) is 0.250. The van der Waals surface area contributed by atoms with E-state index < -0.39 is 0 Å². The molecule has 0 aliphatic rings. The molecular formula is C8H11NO. The van der Waals surface area contributed by atoms with Crippen molar-refractivity contribution in [2.24, 2.45) is 5.73 Å². The molecule has 0 aromatic carbocycles. The van der Waals surface area contributed by atoms with Gasteiger partial charge in [-0.2, -0.15) is 0 Å². The molecule has 0 aliphatic carbocycles. The first-order valence-electron chi connectivity index (χ1n) is 3.16. The summed E-state index contributed by atoms with van der Waals surface area (Å²) in [6, 6.07) is 3.51. The van der Waals surface area contributed by atoms with Crippen molar-refractivity contribution in [1.29, 1.82) is 0 Å². The lowest BCUT2D eigenvalue weighted by Crippen LogP contribution is -2.09. The summed E-state index contributed by atoms with van der Waals surface area (Å²) in [6.07, 6.45) is 1.61. The molecule has 1 aromatic heterocycles. The molecule has 0 radical (unpaired) electrons. The summed E-state index contributed by atoms with van der Waals surface area (Å²) in [5.74, 6) is 0.771. The Morgan fingerprint density at radius 1 is 1.80 bits per heavy atom. The molecular weight excluding hydrogens is 126 g/mol. The molecule has 2 heteroatoms. The van der Waals surface area contributed by atoms with Gasteiger partial charge in [-0.3, -0.25) is 0 Å². The van der Waals surface area contributed by atoms with Crippen molar-refractivity contribution in [1.82, 2.24) is 0 Å². The van der Waals surface area contributed by atoms with E-state index in [4.69, 9.17) is 10.2 Å². The molecule has 0 saturated heterocycles. The highest BCUT2D eigenvalue weighted by Crippen LogP contribution is 2.16. The SMILES string of the molecule is C=C(C)[C@@H](N)c1ccco1. The van der Waals surface area contributed by atoms with Gasteiger partial charge in [0.05, 0.1) is 12.3 Å². The molecule has 54 valence electrons. The van der Waals surface area contributed by atoms with E-state index in [-0.39, 0.29) is 6.04 Å². The predicted octanol–water partition coefficient (Wildman–Crippen LogP) is 1.86. The maximum Gasteiger partial charge on any atom is 0.124 e. The van der Waals surface area contributed by atoms with Gasteiger partial charge in [0, 0.05) is 0 Å². The highest BCUT2D eigenvalue weighted by atomic mass is 16.3. The Labute approximate surface area is 60.3 Å². The van der Waals surface area contributed by atoms with Crippen LogP contribution in [-0.2, 0) is 0 Å². The maximum absolute atomic E-state index is 5.69. The van der Waals surface area contributed by atoms with Crippen LogP contribution in [0.4, 0.5) is 0 Å². The van der Waals surface area contributed by atoms with Crippen LogP contribution in [0.2, 0.25) is 0 Å². The Morgan fingerprint density at radius 3 is 2.90 bits per heavy atom. The lowest BCUT2D eigenvalue weighted by molar-refractivity contribution is 0.487. The van der Waals surface area contributed by atoms with Gasteiger partial charge < -0.3 is 10.2 Å². The zero-order valence-electron chi connectivity index (χ0n) is 6.00. The Balaban J connectivity index is 2.77. The smallest absolute Gasteiger partial charge is 0.124 e. The molecule has 1 heterocycles. The Morgan fingerprint density at radius 2 is 2.50 bits per heavy atom. The molecule has 2 nitrogen and oxygen atoms in total. The van der Waals surface area contributed by atoms with Crippen LogP contribution < -0.4 is 5.73 Å². The predicted molar refractivity (Wildman–Crippen MR) is 40.5 cm³/mol. The van der Waals surface area contributed by atoms with Crippen molar-refractivity contribution in [3.8, 4) is 0 Å². The Kier molecular flexibility index (Phi) is 1.92. The quantitative estimate of drug-likeness (QED) is 0.632. The first-order valence-corrected chi connectivity index (χ1v) is 3.16. The van der Waals surface area contributed by atoms with E-state index in [0.29, 0.717) is 0 Å². The van der Waals surface area contributed by atoms with Crippen LogP contribution in [0.5, 0.6) is 0 Å². The van der Waals surface area contributed by atoms with Crippen molar-refractivity contribution in [3.05, 3.63) is 36.3 Å². The topological polar surface area (TPSA) is 39.2 Å². The van der Waals surface area contributed by atoms with Crippen LogP contribution in [0, 0.1) is 0 Å². The van der Waals surface area contributed by atoms with Crippen LogP contribution in [0.3, 0.4) is 0 Å². The average molecular weight is 137 g/mol. The number of nitrogens with two attached hydrogens (primary N) is 1. The lowest BCUT2D eigenvalue weighted by Gasteiger charge is -2.05. The normalized spacial score (nSPS) is 13.0. The van der Waals surface area contributed by atoms with E-state index in [0.717, 1.165) is 11.3 Å². The molecule has 1 aromatic rings. The van der Waals surface area contributed by atoms with E-state index in [9.17, 15) is 0 Å². The molecule has 0 aliphatic heterocycles. The standard InChI is InChI=1S/C8H11NO/c1-6(2)8(9)7-4-3-5-10-7/h3-5,8H,1,9H2,2H3/t8-/m1/s1. The molecule has 1 atom stereocenters. The number of furan rings is 1. The van der Waals surface area contributed by atoms with Gasteiger partial charge in [-0.15, -0.1) is 0 Å². The minimum absolute atomic E-state index is 0.157. The fourth-order valence-electron chi connectivity index (χ4n) is 0.711. The highest BCUT2D eigenvalue weighted by molar-refractivity contribution is 5.14. The van der Waals surface area contributed by atoms with Gasteiger partial charge in [-0.1, -0.05) is 12.2 Å². The minimum Gasteiger partial charge on any atom is -0.467 e. The largest absolute Gasteiger partial charge is 0.467 e. The van der Waals surface area contributed by atoms with Gasteiger partial charge in [0.15, 0.2) is 0 Å². The summed E-state index contributed by atoms with van der Waals surface area (Å²) in [7, 11) is 0. The summed E-state index contributed by atoms with van der Waals surface area (Å²) in [5, 5.41) is 0. The van der Waals surface area contributed by atoms with Crippen molar-refractivity contribution in [3.63, 3.8) is 0 Å². The third-order valence-electron chi connectivity index (χ3n) is 1.38. The van der Waals surface area contributed by atoms with Crippen molar-refractivity contribution < 1.29 is 4.42 Å². The van der Waals surface area contributed by atoms with Crippen LogP contribution in [0.1, 0.15) is 18.7 Å². The molecule has 0 amide bonds. The molecule has 0 bridgehead atoms. The fourth-order valence-corrected chi connectivity index (χ4v) is 0.711. The van der Waals surface area contributed by atoms with Gasteiger partial charge in [0.2, 0.25) is 0 Å². The summed E-state index contributed by atoms with van der Waals surface area (Å²) >= 11 is 0. The third kappa shape index (κ3) is 1.28. The number of hydrogen-bond acceptors (Lipinski definition) is 2. The summed E-state index contributed by atoms with van der Waals surface area (Å²) in [4.78, 5) is 0. The second-order valence-electron chi connectivity index (χ2n) is 2.34. The first-order chi connectivity index (χ1) is 4.72. The zero-order chi connectivity index (χ0) is 7.56. The van der Waals surface area contributed by atoms with E-state index in [2.05, 4.69) is 6.58 Å². The number of rotatable bonds is 2. The minimum atomic E-state index is -0.157. The molecule has 0 fully saturated rings. The monoisotopic (exact) mass is 137 g/mol. The lowest BCUT2D eigenvalue weighted by atomic mass is 10.1. The maximum atomic E-state index is 5.69. The molecule has 10 heavy (non-hydrogen) atoms. The zero-order valence-corrected chi connectivity index (χ0v) is 6.00. The number of hydrogen-bond donors (Lipinski definition) is 1. The van der Waals surface area contributed by atoms with Crippen LogP contribution in [0.25, 0.3) is 0 Å². The van der Waals surface area contributed by atoms with Crippen LogP contribution >= 0.6 is 0 Å². The molecule has 1 rings (SSSR count). The average Bonchev–Trinajstić information content (AvgIpc) is 2.36. The van der Waals surface area contributed by atoms with Gasteiger partial charge in [-0.25, -0.2) is 0 Å². The van der Waals surface area contributed by atoms with Crippen molar-refractivity contribution in [2.75, 3.05) is 0 Å². The highest BCUT2D eigenvalue weighted by Gasteiger charge is 2.07. The van der Waals surface area contributed by atoms with Crippen LogP contribution in [-0.4, -0.2) is 0 Å². The molecule has 2 N–H and O–H groups in total. The summed E-state index contributed by atoms with van der Waals surface area (Å²) in [6.45, 7) is 5.61. The Bertz CT molecular complexity index is 213. The van der Waals surface area contributed by atoms with E-state index in [1.54, 1.807) is 6.26 Å². The van der Waals surface area contributed by atoms with Crippen molar-refractivity contribution in [2.45, 2.75) is 13.0 Å². The van der Waals surface area contributed by atoms with E-state index >= 15 is 0 Å². The second-order valence-corrected chi connectivity index (χ2v) is 2.34. The van der Waals surface area contributed by atoms with Gasteiger partial charge in [0.25, 0.3) is 0 Å². The molecule has 0 spiro atoms. The summed E-state index contributed by atoms with van der Waals surface area (Å²) < 4.78 is 5.07. The van der Waals surface area contributed by atoms with E-state index in [1.807, 2.05) is 19.1 Å². The second kappa shape index (κ2) is 2.71. The van der Waals surface area contributed by atoms with Crippen LogP contribution in [0.15, 0.2) is 35.0 Å². The van der Waals surface area contributed by atoms with Crippen molar-refractivity contribution >= 4 is 0 Å². The molecule has 0 saturated carbocycles. The summed E-state index contributed by atoms with van der Waals surface area (Å²) in [5.41, 5.74) is 6.60. The van der Waals surface area contributed by atoms with Gasteiger partial charge in [0.1, 0.15) is 5.76 Å².